The number of rotatable bonds is 5. The Morgan fingerprint density at radius 2 is 2.00 bits per heavy atom. The molecule has 0 saturated carbocycles. The summed E-state index contributed by atoms with van der Waals surface area (Å²) < 4.78 is 5.07. The molecule has 3 nitrogen and oxygen atoms in total. The van der Waals surface area contributed by atoms with Crippen molar-refractivity contribution in [3.8, 4) is 0 Å². The van der Waals surface area contributed by atoms with E-state index in [1.54, 1.807) is 19.2 Å². The molecule has 0 aromatic heterocycles. The zero-order valence-electron chi connectivity index (χ0n) is 9.14. The van der Waals surface area contributed by atoms with Gasteiger partial charge in [-0.25, -0.2) is 0 Å². The van der Waals surface area contributed by atoms with Crippen molar-refractivity contribution in [2.45, 2.75) is 25.5 Å². The lowest BCUT2D eigenvalue weighted by atomic mass is 10.0. The molecule has 2 N–H and O–H groups in total. The van der Waals surface area contributed by atoms with Crippen molar-refractivity contribution < 1.29 is 9.53 Å². The molecule has 0 aliphatic carbocycles. The van der Waals surface area contributed by atoms with Crippen molar-refractivity contribution in [2.75, 3.05) is 7.11 Å². The molecular formula is C12H17NO2. The van der Waals surface area contributed by atoms with Crippen LogP contribution in [-0.4, -0.2) is 25.0 Å². The fourth-order valence-electron chi connectivity index (χ4n) is 1.38. The lowest BCUT2D eigenvalue weighted by molar-refractivity contribution is 0.0832. The predicted molar refractivity (Wildman–Crippen MR) is 59.8 cm³/mol. The van der Waals surface area contributed by atoms with Crippen molar-refractivity contribution in [3.63, 3.8) is 0 Å². The summed E-state index contributed by atoms with van der Waals surface area (Å²) in [6.07, 6.45) is 0.553. The summed E-state index contributed by atoms with van der Waals surface area (Å²) in [5.74, 6) is -0.0282. The number of benzene rings is 1. The first-order valence-corrected chi connectivity index (χ1v) is 5.02. The lowest BCUT2D eigenvalue weighted by Crippen LogP contribution is -2.34. The average molecular weight is 207 g/mol. The molecule has 0 heterocycles. The highest BCUT2D eigenvalue weighted by Gasteiger charge is 2.17. The van der Waals surface area contributed by atoms with Gasteiger partial charge in [-0.05, 0) is 13.3 Å². The van der Waals surface area contributed by atoms with E-state index < -0.39 is 6.04 Å². The number of hydrogen-bond acceptors (Lipinski definition) is 3. The van der Waals surface area contributed by atoms with E-state index >= 15 is 0 Å². The average Bonchev–Trinajstić information content (AvgIpc) is 2.29. The summed E-state index contributed by atoms with van der Waals surface area (Å²) in [5.41, 5.74) is 6.46. The third kappa shape index (κ3) is 3.46. The number of Topliss-reactive ketones (excluding diaryl/α,β-unsaturated/α-hetero) is 1. The van der Waals surface area contributed by atoms with Crippen molar-refractivity contribution in [3.05, 3.63) is 35.9 Å². The predicted octanol–water partition coefficient (Wildman–Crippen LogP) is 1.62. The smallest absolute Gasteiger partial charge is 0.179 e. The Kier molecular flexibility index (Phi) is 4.46. The largest absolute Gasteiger partial charge is 0.382 e. The van der Waals surface area contributed by atoms with Gasteiger partial charge < -0.3 is 10.5 Å². The van der Waals surface area contributed by atoms with Gasteiger partial charge in [-0.3, -0.25) is 4.79 Å². The van der Waals surface area contributed by atoms with Gasteiger partial charge in [0.25, 0.3) is 0 Å². The maximum absolute atomic E-state index is 11.8. The zero-order chi connectivity index (χ0) is 11.3. The quantitative estimate of drug-likeness (QED) is 0.746. The van der Waals surface area contributed by atoms with Crippen LogP contribution in [0.3, 0.4) is 0 Å². The number of ether oxygens (including phenoxy) is 1. The Hall–Kier alpha value is -1.19. The van der Waals surface area contributed by atoms with Crippen molar-refractivity contribution in [1.29, 1.82) is 0 Å². The van der Waals surface area contributed by atoms with Gasteiger partial charge in [-0.15, -0.1) is 0 Å². The maximum Gasteiger partial charge on any atom is 0.179 e. The number of carbonyl (C=O) groups is 1. The number of carbonyl (C=O) groups excluding carboxylic acids is 1. The van der Waals surface area contributed by atoms with Gasteiger partial charge in [0.05, 0.1) is 12.1 Å². The van der Waals surface area contributed by atoms with E-state index in [0.717, 1.165) is 0 Å². The summed E-state index contributed by atoms with van der Waals surface area (Å²) in [6.45, 7) is 1.90. The molecule has 0 saturated heterocycles. The Morgan fingerprint density at radius 1 is 1.40 bits per heavy atom. The molecule has 0 amide bonds. The van der Waals surface area contributed by atoms with Gasteiger partial charge in [0, 0.05) is 12.7 Å². The number of methoxy groups -OCH3 is 1. The molecule has 1 aromatic carbocycles. The molecule has 2 unspecified atom stereocenters. The summed E-state index contributed by atoms with van der Waals surface area (Å²) >= 11 is 0. The van der Waals surface area contributed by atoms with Crippen LogP contribution in [0.1, 0.15) is 23.7 Å². The van der Waals surface area contributed by atoms with E-state index in [1.165, 1.54) is 0 Å². The van der Waals surface area contributed by atoms with Crippen molar-refractivity contribution in [1.82, 2.24) is 0 Å². The van der Waals surface area contributed by atoms with Crippen LogP contribution in [0.15, 0.2) is 30.3 Å². The summed E-state index contributed by atoms with van der Waals surface area (Å²) in [6, 6.07) is 8.61. The fourth-order valence-corrected chi connectivity index (χ4v) is 1.38. The van der Waals surface area contributed by atoms with E-state index in [-0.39, 0.29) is 11.9 Å². The molecule has 1 rings (SSSR count). The van der Waals surface area contributed by atoms with Crippen LogP contribution >= 0.6 is 0 Å². The Bertz CT molecular complexity index is 311. The number of nitrogens with two attached hydrogens (primary N) is 1. The first-order chi connectivity index (χ1) is 7.15. The molecule has 15 heavy (non-hydrogen) atoms. The van der Waals surface area contributed by atoms with E-state index in [1.807, 2.05) is 25.1 Å². The molecule has 1 aromatic rings. The highest BCUT2D eigenvalue weighted by Crippen LogP contribution is 2.07. The molecule has 0 fully saturated rings. The van der Waals surface area contributed by atoms with Crippen LogP contribution in [-0.2, 0) is 4.74 Å². The monoisotopic (exact) mass is 207 g/mol. The Balaban J connectivity index is 2.61. The molecular weight excluding hydrogens is 190 g/mol. The highest BCUT2D eigenvalue weighted by molar-refractivity contribution is 5.99. The second-order valence-corrected chi connectivity index (χ2v) is 3.62. The minimum Gasteiger partial charge on any atom is -0.382 e. The maximum atomic E-state index is 11.8. The Labute approximate surface area is 90.2 Å². The standard InChI is InChI=1S/C12H17NO2/c1-9(15-2)8-11(13)12(14)10-6-4-3-5-7-10/h3-7,9,11H,8,13H2,1-2H3. The van der Waals surface area contributed by atoms with Gasteiger partial charge in [0.15, 0.2) is 5.78 Å². The van der Waals surface area contributed by atoms with Crippen LogP contribution in [0, 0.1) is 0 Å². The lowest BCUT2D eigenvalue weighted by Gasteiger charge is -2.14. The first-order valence-electron chi connectivity index (χ1n) is 5.02. The second kappa shape index (κ2) is 5.63. The Morgan fingerprint density at radius 3 is 2.53 bits per heavy atom. The van der Waals surface area contributed by atoms with Crippen molar-refractivity contribution in [2.24, 2.45) is 5.73 Å². The van der Waals surface area contributed by atoms with E-state index in [4.69, 9.17) is 10.5 Å². The molecule has 0 spiro atoms. The van der Waals surface area contributed by atoms with Crippen LogP contribution in [0.5, 0.6) is 0 Å². The second-order valence-electron chi connectivity index (χ2n) is 3.62. The van der Waals surface area contributed by atoms with Gasteiger partial charge in [-0.2, -0.15) is 0 Å². The topological polar surface area (TPSA) is 52.3 Å². The normalized spacial score (nSPS) is 14.6. The van der Waals surface area contributed by atoms with Gasteiger partial charge in [0.1, 0.15) is 0 Å². The molecule has 82 valence electrons. The minimum absolute atomic E-state index is 0.00709. The van der Waals surface area contributed by atoms with E-state index in [9.17, 15) is 4.79 Å². The van der Waals surface area contributed by atoms with Crippen molar-refractivity contribution >= 4 is 5.78 Å². The van der Waals surface area contributed by atoms with Crippen LogP contribution < -0.4 is 5.73 Å². The van der Waals surface area contributed by atoms with Crippen LogP contribution in [0.25, 0.3) is 0 Å². The summed E-state index contributed by atoms with van der Waals surface area (Å²) in [4.78, 5) is 11.8. The number of ketones is 1. The third-order valence-corrected chi connectivity index (χ3v) is 2.38. The van der Waals surface area contributed by atoms with Crippen LogP contribution in [0.2, 0.25) is 0 Å². The third-order valence-electron chi connectivity index (χ3n) is 2.38. The fraction of sp³-hybridized carbons (Fsp3) is 0.417. The van der Waals surface area contributed by atoms with Gasteiger partial charge in [-0.1, -0.05) is 30.3 Å². The zero-order valence-corrected chi connectivity index (χ0v) is 9.14. The van der Waals surface area contributed by atoms with Gasteiger partial charge >= 0.3 is 0 Å². The molecule has 0 radical (unpaired) electrons. The van der Waals surface area contributed by atoms with Crippen LogP contribution in [0.4, 0.5) is 0 Å². The van der Waals surface area contributed by atoms with E-state index in [0.29, 0.717) is 12.0 Å². The first kappa shape index (κ1) is 11.9. The summed E-state index contributed by atoms with van der Waals surface area (Å²) in [7, 11) is 1.62. The number of hydrogen-bond donors (Lipinski definition) is 1. The molecule has 2 atom stereocenters. The van der Waals surface area contributed by atoms with Gasteiger partial charge in [0.2, 0.25) is 0 Å². The molecule has 0 aliphatic rings. The SMILES string of the molecule is COC(C)CC(N)C(=O)c1ccccc1. The summed E-state index contributed by atoms with van der Waals surface area (Å²) in [5, 5.41) is 0. The van der Waals surface area contributed by atoms with E-state index in [2.05, 4.69) is 0 Å². The molecule has 3 heteroatoms. The molecule has 0 bridgehead atoms. The molecule has 0 aliphatic heterocycles. The highest BCUT2D eigenvalue weighted by atomic mass is 16.5. The minimum atomic E-state index is -0.484.